The molecule has 9 nitrogen and oxygen atoms in total. The summed E-state index contributed by atoms with van der Waals surface area (Å²) in [5.41, 5.74) is 8.11. The monoisotopic (exact) mass is 543 g/mol. The maximum atomic E-state index is 14.0. The number of nitrogens with two attached hydrogens (primary N) is 1. The highest BCUT2D eigenvalue weighted by molar-refractivity contribution is 5.99. The van der Waals surface area contributed by atoms with Crippen LogP contribution in [-0.2, 0) is 11.3 Å². The lowest BCUT2D eigenvalue weighted by atomic mass is 10.1. The van der Waals surface area contributed by atoms with Crippen molar-refractivity contribution < 1.29 is 18.3 Å². The minimum Gasteiger partial charge on any atom is -0.454 e. The van der Waals surface area contributed by atoms with E-state index in [1.807, 2.05) is 19.9 Å². The smallest absolute Gasteiger partial charge is 0.264 e. The number of carbonyl (C=O) groups is 1. The van der Waals surface area contributed by atoms with Crippen LogP contribution in [-0.4, -0.2) is 43.1 Å². The number of hydrogen-bond donors (Lipinski definition) is 1. The normalized spacial score (nSPS) is 15.6. The average Bonchev–Trinajstić information content (AvgIpc) is 3.56. The summed E-state index contributed by atoms with van der Waals surface area (Å²) in [5, 5.41) is 14.9. The number of hydrogen-bond acceptors (Lipinski definition) is 7. The Morgan fingerprint density at radius 1 is 1.23 bits per heavy atom. The van der Waals surface area contributed by atoms with Gasteiger partial charge in [-0.15, -0.1) is 0 Å². The lowest BCUT2D eigenvalue weighted by molar-refractivity contribution is -0.127. The first-order chi connectivity index (χ1) is 19.3. The third-order valence-electron chi connectivity index (χ3n) is 6.70. The lowest BCUT2D eigenvalue weighted by Gasteiger charge is -2.24. The SMILES string of the molecule is CC(C)C=C(C#N)C(=O)N1CCC[C@@H]1Cn1nc(-c2ccc(Oc3cccc(F)c3F)cc2)c2c(N)ncnc21. The molecular weight excluding hydrogens is 516 g/mol. The van der Waals surface area contributed by atoms with Gasteiger partial charge in [0.25, 0.3) is 5.91 Å². The lowest BCUT2D eigenvalue weighted by Crippen LogP contribution is -2.39. The van der Waals surface area contributed by atoms with E-state index in [-0.39, 0.29) is 35.0 Å². The fraction of sp³-hybridized carbons (Fsp3) is 0.276. The van der Waals surface area contributed by atoms with E-state index >= 15 is 0 Å². The second-order valence-electron chi connectivity index (χ2n) is 9.90. The number of ether oxygens (including phenoxy) is 1. The van der Waals surface area contributed by atoms with Gasteiger partial charge in [0.15, 0.2) is 17.2 Å². The molecule has 0 bridgehead atoms. The molecule has 204 valence electrons. The van der Waals surface area contributed by atoms with Gasteiger partial charge in [-0.25, -0.2) is 19.0 Å². The number of amides is 1. The number of allylic oxidation sites excluding steroid dienone is 1. The molecule has 4 aromatic rings. The first kappa shape index (κ1) is 26.7. The zero-order valence-electron chi connectivity index (χ0n) is 22.0. The van der Waals surface area contributed by atoms with Gasteiger partial charge in [0.2, 0.25) is 5.82 Å². The number of nitriles is 1. The fourth-order valence-electron chi connectivity index (χ4n) is 4.87. The molecule has 11 heteroatoms. The summed E-state index contributed by atoms with van der Waals surface area (Å²) in [5.74, 6) is -1.94. The number of nitrogen functional groups attached to an aromatic ring is 1. The summed E-state index contributed by atoms with van der Waals surface area (Å²) >= 11 is 0. The van der Waals surface area contributed by atoms with Crippen molar-refractivity contribution in [1.82, 2.24) is 24.6 Å². The van der Waals surface area contributed by atoms with Crippen molar-refractivity contribution in [2.24, 2.45) is 5.92 Å². The molecule has 0 unspecified atom stereocenters. The number of halogens is 2. The van der Waals surface area contributed by atoms with Gasteiger partial charge in [-0.2, -0.15) is 14.8 Å². The standard InChI is InChI=1S/C29H27F2N7O2/c1-17(2)13-19(14-32)29(39)37-12-4-5-20(37)15-38-28-24(27(33)34-16-35-28)26(36-38)18-8-10-21(11-9-18)40-23-7-3-6-22(30)25(23)31/h3,6-11,13,16-17,20H,4-5,12,15H2,1-2H3,(H2,33,34,35)/t20-/m1/s1. The van der Waals surface area contributed by atoms with Crippen LogP contribution in [0.4, 0.5) is 14.6 Å². The van der Waals surface area contributed by atoms with Gasteiger partial charge in [-0.3, -0.25) is 4.79 Å². The van der Waals surface area contributed by atoms with Gasteiger partial charge < -0.3 is 15.4 Å². The van der Waals surface area contributed by atoms with Gasteiger partial charge in [-0.1, -0.05) is 26.0 Å². The molecule has 0 aliphatic carbocycles. The summed E-state index contributed by atoms with van der Waals surface area (Å²) < 4.78 is 34.8. The Kier molecular flexibility index (Phi) is 7.42. The second kappa shape index (κ2) is 11.1. The third-order valence-corrected chi connectivity index (χ3v) is 6.70. The molecule has 1 saturated heterocycles. The summed E-state index contributed by atoms with van der Waals surface area (Å²) in [4.78, 5) is 23.5. The number of fused-ring (bicyclic) bond motifs is 1. The molecule has 1 amide bonds. The summed E-state index contributed by atoms with van der Waals surface area (Å²) in [6, 6.07) is 12.3. The fourth-order valence-corrected chi connectivity index (χ4v) is 4.87. The zero-order chi connectivity index (χ0) is 28.4. The molecule has 3 heterocycles. The molecule has 1 aliphatic rings. The number of aromatic nitrogens is 4. The highest BCUT2D eigenvalue weighted by Crippen LogP contribution is 2.33. The van der Waals surface area contributed by atoms with E-state index in [0.29, 0.717) is 41.1 Å². The second-order valence-corrected chi connectivity index (χ2v) is 9.90. The van der Waals surface area contributed by atoms with E-state index in [1.54, 1.807) is 39.9 Å². The average molecular weight is 544 g/mol. The maximum absolute atomic E-state index is 14.0. The Bertz CT molecular complexity index is 1640. The van der Waals surface area contributed by atoms with E-state index in [0.717, 1.165) is 18.9 Å². The van der Waals surface area contributed by atoms with Crippen LogP contribution < -0.4 is 10.5 Å². The predicted octanol–water partition coefficient (Wildman–Crippen LogP) is 5.24. The van der Waals surface area contributed by atoms with Crippen LogP contribution in [0.5, 0.6) is 11.5 Å². The Labute approximate surface area is 229 Å². The summed E-state index contributed by atoms with van der Waals surface area (Å²) in [6.07, 6.45) is 4.61. The van der Waals surface area contributed by atoms with Gasteiger partial charge in [-0.05, 0) is 55.2 Å². The van der Waals surface area contributed by atoms with Gasteiger partial charge in [0.1, 0.15) is 35.2 Å². The number of likely N-dealkylation sites (tertiary alicyclic amines) is 1. The largest absolute Gasteiger partial charge is 0.454 e. The molecule has 1 fully saturated rings. The molecule has 0 saturated carbocycles. The van der Waals surface area contributed by atoms with Gasteiger partial charge in [0, 0.05) is 12.1 Å². The van der Waals surface area contributed by atoms with Crippen LogP contribution >= 0.6 is 0 Å². The first-order valence-electron chi connectivity index (χ1n) is 12.9. The molecule has 40 heavy (non-hydrogen) atoms. The van der Waals surface area contributed by atoms with E-state index in [4.69, 9.17) is 15.6 Å². The minimum atomic E-state index is -1.07. The molecule has 0 radical (unpaired) electrons. The van der Waals surface area contributed by atoms with E-state index < -0.39 is 11.6 Å². The number of benzene rings is 2. The Morgan fingerprint density at radius 3 is 2.73 bits per heavy atom. The van der Waals surface area contributed by atoms with E-state index in [1.165, 1.54) is 18.5 Å². The number of nitrogens with zero attached hydrogens (tertiary/aromatic N) is 6. The van der Waals surface area contributed by atoms with Crippen molar-refractivity contribution in [3.8, 4) is 28.8 Å². The van der Waals surface area contributed by atoms with Crippen LogP contribution in [0.1, 0.15) is 26.7 Å². The third kappa shape index (κ3) is 5.20. The Morgan fingerprint density at radius 2 is 2.00 bits per heavy atom. The summed E-state index contributed by atoms with van der Waals surface area (Å²) in [6.45, 7) is 4.76. The van der Waals surface area contributed by atoms with Crippen LogP contribution in [0.25, 0.3) is 22.3 Å². The van der Waals surface area contributed by atoms with Crippen LogP contribution in [0.3, 0.4) is 0 Å². The van der Waals surface area contributed by atoms with E-state index in [9.17, 15) is 18.8 Å². The number of anilines is 1. The molecule has 2 aromatic heterocycles. The summed E-state index contributed by atoms with van der Waals surface area (Å²) in [7, 11) is 0. The first-order valence-corrected chi connectivity index (χ1v) is 12.9. The zero-order valence-corrected chi connectivity index (χ0v) is 22.0. The van der Waals surface area contributed by atoms with Crippen molar-refractivity contribution in [2.75, 3.05) is 12.3 Å². The van der Waals surface area contributed by atoms with Gasteiger partial charge >= 0.3 is 0 Å². The molecule has 5 rings (SSSR count). The molecule has 0 spiro atoms. The Hall–Kier alpha value is -4.85. The van der Waals surface area contributed by atoms with Crippen molar-refractivity contribution >= 4 is 22.8 Å². The van der Waals surface area contributed by atoms with Crippen molar-refractivity contribution in [3.05, 3.63) is 72.1 Å². The van der Waals surface area contributed by atoms with E-state index in [2.05, 4.69) is 9.97 Å². The molecule has 1 atom stereocenters. The van der Waals surface area contributed by atoms with Crippen molar-refractivity contribution in [3.63, 3.8) is 0 Å². The quantitative estimate of drug-likeness (QED) is 0.250. The molecular formula is C29H27F2N7O2. The molecule has 1 aliphatic heterocycles. The predicted molar refractivity (Wildman–Crippen MR) is 145 cm³/mol. The van der Waals surface area contributed by atoms with Crippen LogP contribution in [0, 0.1) is 28.9 Å². The topological polar surface area (TPSA) is 123 Å². The highest BCUT2D eigenvalue weighted by Gasteiger charge is 2.32. The van der Waals surface area contributed by atoms with Crippen LogP contribution in [0.15, 0.2) is 60.4 Å². The van der Waals surface area contributed by atoms with Crippen molar-refractivity contribution in [1.29, 1.82) is 5.26 Å². The number of rotatable bonds is 7. The maximum Gasteiger partial charge on any atom is 0.264 e. The van der Waals surface area contributed by atoms with Crippen LogP contribution in [0.2, 0.25) is 0 Å². The number of carbonyl (C=O) groups excluding carboxylic acids is 1. The minimum absolute atomic E-state index is 0.0709. The van der Waals surface area contributed by atoms with Crippen molar-refractivity contribution in [2.45, 2.75) is 39.3 Å². The molecule has 2 aromatic carbocycles. The van der Waals surface area contributed by atoms with Gasteiger partial charge in [0.05, 0.1) is 18.0 Å². The highest BCUT2D eigenvalue weighted by atomic mass is 19.2. The molecule has 2 N–H and O–H groups in total. The Balaban J connectivity index is 1.44.